The number of hydrogen-bond donors (Lipinski definition) is 1. The van der Waals surface area contributed by atoms with Crippen LogP contribution >= 0.6 is 0 Å². The van der Waals surface area contributed by atoms with E-state index in [9.17, 15) is 4.39 Å². The monoisotopic (exact) mass is 213 g/mol. The Bertz CT molecular complexity index is 177. The van der Waals surface area contributed by atoms with Gasteiger partial charge in [-0.25, -0.2) is 4.39 Å². The lowest BCUT2D eigenvalue weighted by Gasteiger charge is -2.32. The summed E-state index contributed by atoms with van der Waals surface area (Å²) in [7, 11) is 0. The Hall–Kier alpha value is -0.110. The number of rotatable bonds is 1. The Morgan fingerprint density at radius 3 is 2.33 bits per heavy atom. The normalized spacial score (nSPS) is 35.8. The van der Waals surface area contributed by atoms with Gasteiger partial charge in [-0.1, -0.05) is 25.7 Å². The van der Waals surface area contributed by atoms with E-state index in [0.29, 0.717) is 5.92 Å². The van der Waals surface area contributed by atoms with Crippen LogP contribution < -0.4 is 5.32 Å². The second-order valence-corrected chi connectivity index (χ2v) is 5.33. The summed E-state index contributed by atoms with van der Waals surface area (Å²) in [6, 6.07) is 0. The molecule has 1 nitrogen and oxygen atoms in total. The fraction of sp³-hybridized carbons (Fsp3) is 1.00. The van der Waals surface area contributed by atoms with Crippen LogP contribution in [0, 0.1) is 5.92 Å². The maximum absolute atomic E-state index is 14.9. The van der Waals surface area contributed by atoms with Crippen molar-refractivity contribution in [1.82, 2.24) is 5.32 Å². The van der Waals surface area contributed by atoms with Crippen molar-refractivity contribution < 1.29 is 4.39 Å². The largest absolute Gasteiger partial charge is 0.317 e. The van der Waals surface area contributed by atoms with Gasteiger partial charge in [-0.3, -0.25) is 0 Å². The first-order valence-corrected chi connectivity index (χ1v) is 6.71. The van der Waals surface area contributed by atoms with Gasteiger partial charge < -0.3 is 5.32 Å². The summed E-state index contributed by atoms with van der Waals surface area (Å²) in [5.74, 6) is 0.361. The van der Waals surface area contributed by atoms with Gasteiger partial charge in [0.2, 0.25) is 0 Å². The molecular formula is C13H24FN. The third kappa shape index (κ3) is 2.93. The topological polar surface area (TPSA) is 12.0 Å². The van der Waals surface area contributed by atoms with Gasteiger partial charge in [-0.15, -0.1) is 0 Å². The van der Waals surface area contributed by atoms with E-state index in [2.05, 4.69) is 5.32 Å². The van der Waals surface area contributed by atoms with E-state index in [1.54, 1.807) is 0 Å². The molecule has 1 atom stereocenters. The zero-order valence-corrected chi connectivity index (χ0v) is 9.73. The number of nitrogens with one attached hydrogen (secondary N) is 1. The predicted molar refractivity (Wildman–Crippen MR) is 61.8 cm³/mol. The first-order valence-electron chi connectivity index (χ1n) is 6.71. The second-order valence-electron chi connectivity index (χ2n) is 5.33. The highest BCUT2D eigenvalue weighted by molar-refractivity contribution is 4.90. The summed E-state index contributed by atoms with van der Waals surface area (Å²) in [6.07, 6.45) is 9.99. The standard InChI is InChI=1S/C13H24FN/c14-13(8-5-10-15-11-9-13)12-6-3-1-2-4-7-12/h12,15H,1-11H2. The molecule has 1 aliphatic carbocycles. The van der Waals surface area contributed by atoms with Crippen LogP contribution in [0.1, 0.15) is 57.8 Å². The molecule has 2 rings (SSSR count). The Balaban J connectivity index is 1.97. The SMILES string of the molecule is FC1(C2CCCCCC2)CCCNCC1. The smallest absolute Gasteiger partial charge is 0.115 e. The molecule has 1 unspecified atom stereocenters. The predicted octanol–water partition coefficient (Wildman–Crippen LogP) is 3.44. The van der Waals surface area contributed by atoms with Gasteiger partial charge in [0.05, 0.1) is 0 Å². The van der Waals surface area contributed by atoms with E-state index in [-0.39, 0.29) is 0 Å². The summed E-state index contributed by atoms with van der Waals surface area (Å²) < 4.78 is 14.9. The highest BCUT2D eigenvalue weighted by Crippen LogP contribution is 2.40. The Morgan fingerprint density at radius 1 is 0.867 bits per heavy atom. The lowest BCUT2D eigenvalue weighted by Crippen LogP contribution is -2.34. The van der Waals surface area contributed by atoms with E-state index in [0.717, 1.165) is 45.2 Å². The molecule has 0 spiro atoms. The zero-order chi connectivity index (χ0) is 10.6. The molecule has 15 heavy (non-hydrogen) atoms. The summed E-state index contributed by atoms with van der Waals surface area (Å²) in [5, 5.41) is 3.32. The summed E-state index contributed by atoms with van der Waals surface area (Å²) in [5.41, 5.74) is -0.839. The lowest BCUT2D eigenvalue weighted by atomic mass is 9.79. The van der Waals surface area contributed by atoms with Gasteiger partial charge in [0.1, 0.15) is 5.67 Å². The minimum absolute atomic E-state index is 0.361. The molecule has 1 N–H and O–H groups in total. The van der Waals surface area contributed by atoms with Crippen LogP contribution in [0.2, 0.25) is 0 Å². The molecule has 1 heterocycles. The summed E-state index contributed by atoms with van der Waals surface area (Å²) in [6.45, 7) is 1.89. The molecule has 0 bridgehead atoms. The minimum atomic E-state index is -0.839. The van der Waals surface area contributed by atoms with Gasteiger partial charge in [-0.05, 0) is 51.1 Å². The second kappa shape index (κ2) is 5.29. The number of halogens is 1. The van der Waals surface area contributed by atoms with E-state index < -0.39 is 5.67 Å². The highest BCUT2D eigenvalue weighted by atomic mass is 19.1. The van der Waals surface area contributed by atoms with Gasteiger partial charge in [-0.2, -0.15) is 0 Å². The molecule has 1 saturated carbocycles. The number of hydrogen-bond acceptors (Lipinski definition) is 1. The average Bonchev–Trinajstić information content (AvgIpc) is 2.60. The third-order valence-electron chi connectivity index (χ3n) is 4.25. The minimum Gasteiger partial charge on any atom is -0.317 e. The molecule has 2 heteroatoms. The molecular weight excluding hydrogens is 189 g/mol. The van der Waals surface area contributed by atoms with Crippen molar-refractivity contribution >= 4 is 0 Å². The van der Waals surface area contributed by atoms with Gasteiger partial charge >= 0.3 is 0 Å². The van der Waals surface area contributed by atoms with Crippen LogP contribution in [0.4, 0.5) is 4.39 Å². The molecule has 0 amide bonds. The first-order chi connectivity index (χ1) is 7.31. The average molecular weight is 213 g/mol. The van der Waals surface area contributed by atoms with Crippen LogP contribution in [0.25, 0.3) is 0 Å². The van der Waals surface area contributed by atoms with Crippen LogP contribution in [0.3, 0.4) is 0 Å². The molecule has 2 fully saturated rings. The maximum Gasteiger partial charge on any atom is 0.115 e. The van der Waals surface area contributed by atoms with Crippen molar-refractivity contribution in [3.63, 3.8) is 0 Å². The quantitative estimate of drug-likeness (QED) is 0.658. The first kappa shape index (κ1) is 11.4. The Kier molecular flexibility index (Phi) is 4.01. The van der Waals surface area contributed by atoms with Crippen LogP contribution in [0.15, 0.2) is 0 Å². The molecule has 88 valence electrons. The highest BCUT2D eigenvalue weighted by Gasteiger charge is 2.38. The third-order valence-corrected chi connectivity index (χ3v) is 4.25. The maximum atomic E-state index is 14.9. The van der Waals surface area contributed by atoms with Crippen LogP contribution in [-0.2, 0) is 0 Å². The van der Waals surface area contributed by atoms with E-state index in [4.69, 9.17) is 0 Å². The fourth-order valence-electron chi connectivity index (χ4n) is 3.26. The van der Waals surface area contributed by atoms with E-state index >= 15 is 0 Å². The van der Waals surface area contributed by atoms with Gasteiger partial charge in [0, 0.05) is 0 Å². The molecule has 2 aliphatic rings. The van der Waals surface area contributed by atoms with Crippen molar-refractivity contribution in [2.75, 3.05) is 13.1 Å². The Labute approximate surface area is 92.8 Å². The van der Waals surface area contributed by atoms with Crippen molar-refractivity contribution in [1.29, 1.82) is 0 Å². The lowest BCUT2D eigenvalue weighted by molar-refractivity contribution is 0.0565. The van der Waals surface area contributed by atoms with Gasteiger partial charge in [0.25, 0.3) is 0 Å². The van der Waals surface area contributed by atoms with Crippen molar-refractivity contribution in [3.05, 3.63) is 0 Å². The molecule has 1 aliphatic heterocycles. The summed E-state index contributed by atoms with van der Waals surface area (Å²) >= 11 is 0. The zero-order valence-electron chi connectivity index (χ0n) is 9.73. The molecule has 0 radical (unpaired) electrons. The fourth-order valence-corrected chi connectivity index (χ4v) is 3.26. The molecule has 0 aromatic carbocycles. The van der Waals surface area contributed by atoms with Crippen molar-refractivity contribution in [2.24, 2.45) is 5.92 Å². The number of alkyl halides is 1. The van der Waals surface area contributed by atoms with Crippen molar-refractivity contribution in [3.8, 4) is 0 Å². The van der Waals surface area contributed by atoms with Crippen LogP contribution in [-0.4, -0.2) is 18.8 Å². The van der Waals surface area contributed by atoms with Crippen molar-refractivity contribution in [2.45, 2.75) is 63.5 Å². The molecule has 0 aromatic rings. The van der Waals surface area contributed by atoms with E-state index in [1.807, 2.05) is 0 Å². The summed E-state index contributed by atoms with van der Waals surface area (Å²) in [4.78, 5) is 0. The van der Waals surface area contributed by atoms with Crippen LogP contribution in [0.5, 0.6) is 0 Å². The molecule has 1 saturated heterocycles. The molecule has 0 aromatic heterocycles. The Morgan fingerprint density at radius 2 is 1.60 bits per heavy atom. The van der Waals surface area contributed by atoms with Gasteiger partial charge in [0.15, 0.2) is 0 Å². The van der Waals surface area contributed by atoms with E-state index in [1.165, 1.54) is 25.7 Å².